The van der Waals surface area contributed by atoms with E-state index in [1.54, 1.807) is 0 Å². The predicted octanol–water partition coefficient (Wildman–Crippen LogP) is 3.59. The van der Waals surface area contributed by atoms with Crippen LogP contribution in [0.25, 0.3) is 11.3 Å². The second kappa shape index (κ2) is 5.90. The fourth-order valence-electron chi connectivity index (χ4n) is 2.11. The molecule has 0 amide bonds. The molecule has 20 heavy (non-hydrogen) atoms. The minimum absolute atomic E-state index is 0.158. The molecule has 0 fully saturated rings. The highest BCUT2D eigenvalue weighted by molar-refractivity contribution is 5.67. The zero-order valence-electron chi connectivity index (χ0n) is 12.7. The standard InChI is InChI=1S/C16H21N3O/c1-10(2)20-14-8-6-7-13(9-14)15-11(3)12(4)16(17-5)19-18-15/h6-10H,1-5H3,(H,17,19). The molecule has 0 aliphatic heterocycles. The molecule has 0 aliphatic rings. The molecular formula is C16H21N3O. The summed E-state index contributed by atoms with van der Waals surface area (Å²) in [7, 11) is 1.85. The van der Waals surface area contributed by atoms with Crippen molar-refractivity contribution >= 4 is 5.82 Å². The lowest BCUT2D eigenvalue weighted by Crippen LogP contribution is -2.06. The van der Waals surface area contributed by atoms with Crippen LogP contribution in [0.4, 0.5) is 5.82 Å². The summed E-state index contributed by atoms with van der Waals surface area (Å²) >= 11 is 0. The molecule has 0 atom stereocenters. The maximum absolute atomic E-state index is 5.73. The molecule has 106 valence electrons. The second-order valence-corrected chi connectivity index (χ2v) is 5.09. The molecule has 4 heteroatoms. The van der Waals surface area contributed by atoms with Crippen LogP contribution in [0.5, 0.6) is 5.75 Å². The molecule has 0 saturated heterocycles. The minimum atomic E-state index is 0.158. The monoisotopic (exact) mass is 271 g/mol. The molecule has 0 spiro atoms. The third kappa shape index (κ3) is 2.90. The van der Waals surface area contributed by atoms with Crippen molar-refractivity contribution in [3.05, 3.63) is 35.4 Å². The normalized spacial score (nSPS) is 10.7. The fraction of sp³-hybridized carbons (Fsp3) is 0.375. The van der Waals surface area contributed by atoms with E-state index in [1.165, 1.54) is 0 Å². The van der Waals surface area contributed by atoms with Gasteiger partial charge in [0.2, 0.25) is 0 Å². The van der Waals surface area contributed by atoms with Gasteiger partial charge in [-0.2, -0.15) is 0 Å². The largest absolute Gasteiger partial charge is 0.491 e. The van der Waals surface area contributed by atoms with Gasteiger partial charge in [0.1, 0.15) is 5.75 Å². The number of rotatable bonds is 4. The molecule has 2 aromatic rings. The maximum Gasteiger partial charge on any atom is 0.151 e. The van der Waals surface area contributed by atoms with Crippen molar-refractivity contribution < 1.29 is 4.74 Å². The summed E-state index contributed by atoms with van der Waals surface area (Å²) in [6.45, 7) is 8.15. The van der Waals surface area contributed by atoms with Crippen LogP contribution >= 0.6 is 0 Å². The fourth-order valence-corrected chi connectivity index (χ4v) is 2.11. The highest BCUT2D eigenvalue weighted by Crippen LogP contribution is 2.28. The van der Waals surface area contributed by atoms with Crippen molar-refractivity contribution in [2.24, 2.45) is 0 Å². The first-order valence-corrected chi connectivity index (χ1v) is 6.81. The summed E-state index contributed by atoms with van der Waals surface area (Å²) in [5.74, 6) is 1.68. The summed E-state index contributed by atoms with van der Waals surface area (Å²) in [6.07, 6.45) is 0.158. The van der Waals surface area contributed by atoms with E-state index in [1.807, 2.05) is 52.1 Å². The molecule has 1 aromatic carbocycles. The van der Waals surface area contributed by atoms with Crippen LogP contribution < -0.4 is 10.1 Å². The summed E-state index contributed by atoms with van der Waals surface area (Å²) in [5, 5.41) is 11.6. The Morgan fingerprint density at radius 3 is 2.50 bits per heavy atom. The van der Waals surface area contributed by atoms with Crippen LogP contribution in [-0.4, -0.2) is 23.3 Å². The Labute approximate surface area is 120 Å². The Morgan fingerprint density at radius 2 is 1.85 bits per heavy atom. The van der Waals surface area contributed by atoms with Gasteiger partial charge in [-0.15, -0.1) is 10.2 Å². The smallest absolute Gasteiger partial charge is 0.151 e. The maximum atomic E-state index is 5.73. The molecule has 0 bridgehead atoms. The van der Waals surface area contributed by atoms with E-state index in [0.29, 0.717) is 0 Å². The van der Waals surface area contributed by atoms with Crippen molar-refractivity contribution in [1.82, 2.24) is 10.2 Å². The van der Waals surface area contributed by atoms with E-state index in [4.69, 9.17) is 4.74 Å². The SMILES string of the molecule is CNc1nnc(-c2cccc(OC(C)C)c2)c(C)c1C. The molecule has 1 aromatic heterocycles. The van der Waals surface area contributed by atoms with Gasteiger partial charge in [-0.1, -0.05) is 12.1 Å². The highest BCUT2D eigenvalue weighted by Gasteiger charge is 2.11. The third-order valence-electron chi connectivity index (χ3n) is 3.24. The summed E-state index contributed by atoms with van der Waals surface area (Å²) in [6, 6.07) is 7.98. The van der Waals surface area contributed by atoms with Crippen LogP contribution in [0.1, 0.15) is 25.0 Å². The summed E-state index contributed by atoms with van der Waals surface area (Å²) in [4.78, 5) is 0. The lowest BCUT2D eigenvalue weighted by Gasteiger charge is -2.13. The Hall–Kier alpha value is -2.10. The minimum Gasteiger partial charge on any atom is -0.491 e. The third-order valence-corrected chi connectivity index (χ3v) is 3.24. The lowest BCUT2D eigenvalue weighted by molar-refractivity contribution is 0.242. The number of nitrogens with one attached hydrogen (secondary N) is 1. The number of aromatic nitrogens is 2. The first-order chi connectivity index (χ1) is 9.52. The number of anilines is 1. The summed E-state index contributed by atoms with van der Waals surface area (Å²) < 4.78 is 5.73. The van der Waals surface area contributed by atoms with Crippen LogP contribution in [0, 0.1) is 13.8 Å². The van der Waals surface area contributed by atoms with Gasteiger partial charge in [-0.25, -0.2) is 0 Å². The van der Waals surface area contributed by atoms with Crippen molar-refractivity contribution in [1.29, 1.82) is 0 Å². The zero-order valence-corrected chi connectivity index (χ0v) is 12.7. The Balaban J connectivity index is 2.44. The van der Waals surface area contributed by atoms with Gasteiger partial charge in [-0.05, 0) is 51.0 Å². The van der Waals surface area contributed by atoms with E-state index in [9.17, 15) is 0 Å². The Morgan fingerprint density at radius 1 is 1.10 bits per heavy atom. The van der Waals surface area contributed by atoms with E-state index < -0.39 is 0 Å². The first-order valence-electron chi connectivity index (χ1n) is 6.81. The van der Waals surface area contributed by atoms with Crippen LogP contribution in [0.3, 0.4) is 0 Å². The quantitative estimate of drug-likeness (QED) is 0.923. The molecule has 4 nitrogen and oxygen atoms in total. The molecule has 0 saturated carbocycles. The van der Waals surface area contributed by atoms with Crippen molar-refractivity contribution in [3.63, 3.8) is 0 Å². The average molecular weight is 271 g/mol. The van der Waals surface area contributed by atoms with Crippen molar-refractivity contribution in [2.75, 3.05) is 12.4 Å². The predicted molar refractivity (Wildman–Crippen MR) is 82.3 cm³/mol. The topological polar surface area (TPSA) is 47.0 Å². The molecule has 2 rings (SSSR count). The average Bonchev–Trinajstić information content (AvgIpc) is 2.41. The molecular weight excluding hydrogens is 250 g/mol. The van der Waals surface area contributed by atoms with E-state index in [-0.39, 0.29) is 6.10 Å². The van der Waals surface area contributed by atoms with Gasteiger partial charge in [0.15, 0.2) is 5.82 Å². The van der Waals surface area contributed by atoms with Gasteiger partial charge < -0.3 is 10.1 Å². The van der Waals surface area contributed by atoms with Crippen LogP contribution in [0.15, 0.2) is 24.3 Å². The van der Waals surface area contributed by atoms with Gasteiger partial charge in [0.05, 0.1) is 11.8 Å². The molecule has 0 radical (unpaired) electrons. The highest BCUT2D eigenvalue weighted by atomic mass is 16.5. The molecule has 0 unspecified atom stereocenters. The molecule has 1 heterocycles. The number of ether oxygens (including phenoxy) is 1. The van der Waals surface area contributed by atoms with Gasteiger partial charge >= 0.3 is 0 Å². The Kier molecular flexibility index (Phi) is 4.23. The van der Waals surface area contributed by atoms with E-state index in [2.05, 4.69) is 22.4 Å². The van der Waals surface area contributed by atoms with Crippen LogP contribution in [-0.2, 0) is 0 Å². The van der Waals surface area contributed by atoms with Gasteiger partial charge in [0, 0.05) is 12.6 Å². The number of hydrogen-bond acceptors (Lipinski definition) is 4. The zero-order chi connectivity index (χ0) is 14.7. The number of benzene rings is 1. The molecule has 1 N–H and O–H groups in total. The Bertz CT molecular complexity index is 609. The van der Waals surface area contributed by atoms with Gasteiger partial charge in [0.25, 0.3) is 0 Å². The van der Waals surface area contributed by atoms with Crippen LogP contribution in [0.2, 0.25) is 0 Å². The molecule has 0 aliphatic carbocycles. The first kappa shape index (κ1) is 14.3. The van der Waals surface area contributed by atoms with E-state index in [0.717, 1.165) is 34.0 Å². The lowest BCUT2D eigenvalue weighted by atomic mass is 10.0. The van der Waals surface area contributed by atoms with Crippen molar-refractivity contribution in [2.45, 2.75) is 33.8 Å². The van der Waals surface area contributed by atoms with Gasteiger partial charge in [-0.3, -0.25) is 0 Å². The second-order valence-electron chi connectivity index (χ2n) is 5.09. The van der Waals surface area contributed by atoms with Crippen molar-refractivity contribution in [3.8, 4) is 17.0 Å². The summed E-state index contributed by atoms with van der Waals surface area (Å²) in [5.41, 5.74) is 4.17. The number of nitrogens with zero attached hydrogens (tertiary/aromatic N) is 2. The number of hydrogen-bond donors (Lipinski definition) is 1. The van der Waals surface area contributed by atoms with E-state index >= 15 is 0 Å².